The summed E-state index contributed by atoms with van der Waals surface area (Å²) < 4.78 is 27.5. The summed E-state index contributed by atoms with van der Waals surface area (Å²) in [7, 11) is 0. The molecule has 0 aliphatic heterocycles. The summed E-state index contributed by atoms with van der Waals surface area (Å²) in [4.78, 5) is 12.7. The van der Waals surface area contributed by atoms with Crippen molar-refractivity contribution in [3.05, 3.63) is 63.2 Å². The van der Waals surface area contributed by atoms with Gasteiger partial charge in [0.05, 0.1) is 11.3 Å². The first-order chi connectivity index (χ1) is 9.73. The summed E-state index contributed by atoms with van der Waals surface area (Å²) in [5, 5.41) is 0. The van der Waals surface area contributed by atoms with Crippen LogP contribution in [0.15, 0.2) is 18.2 Å². The van der Waals surface area contributed by atoms with Gasteiger partial charge < -0.3 is 5.73 Å². The minimum atomic E-state index is -0.876. The Morgan fingerprint density at radius 2 is 1.48 bits per heavy atom. The van der Waals surface area contributed by atoms with Crippen LogP contribution in [-0.4, -0.2) is 5.78 Å². The average Bonchev–Trinajstić information content (AvgIpc) is 2.40. The molecule has 0 saturated carbocycles. The zero-order chi connectivity index (χ0) is 15.9. The highest BCUT2D eigenvalue weighted by Gasteiger charge is 2.22. The lowest BCUT2D eigenvalue weighted by molar-refractivity contribution is 0.103. The number of hydrogen-bond donors (Lipinski definition) is 1. The van der Waals surface area contributed by atoms with Crippen LogP contribution in [0, 0.1) is 39.3 Å². The third-order valence-electron chi connectivity index (χ3n) is 3.90. The maximum atomic E-state index is 14.1. The minimum absolute atomic E-state index is 0.330. The van der Waals surface area contributed by atoms with Crippen molar-refractivity contribution in [3.63, 3.8) is 0 Å². The highest BCUT2D eigenvalue weighted by Crippen LogP contribution is 2.27. The molecule has 0 aliphatic carbocycles. The van der Waals surface area contributed by atoms with E-state index in [-0.39, 0.29) is 11.3 Å². The Labute approximate surface area is 122 Å². The summed E-state index contributed by atoms with van der Waals surface area (Å²) in [6.45, 7) is 7.37. The van der Waals surface area contributed by atoms with Gasteiger partial charge in [0, 0.05) is 5.56 Å². The monoisotopic (exact) mass is 289 g/mol. The number of benzene rings is 2. The highest BCUT2D eigenvalue weighted by atomic mass is 19.1. The molecule has 4 heteroatoms. The first-order valence-corrected chi connectivity index (χ1v) is 6.60. The van der Waals surface area contributed by atoms with Crippen LogP contribution in [0.25, 0.3) is 0 Å². The zero-order valence-corrected chi connectivity index (χ0v) is 12.5. The van der Waals surface area contributed by atoms with Crippen LogP contribution in [0.1, 0.15) is 38.2 Å². The van der Waals surface area contributed by atoms with Gasteiger partial charge in [0.15, 0.2) is 11.6 Å². The Balaban J connectivity index is 2.72. The van der Waals surface area contributed by atoms with E-state index in [1.54, 1.807) is 13.8 Å². The minimum Gasteiger partial charge on any atom is -0.396 e. The van der Waals surface area contributed by atoms with Gasteiger partial charge in [-0.3, -0.25) is 4.79 Å². The van der Waals surface area contributed by atoms with Gasteiger partial charge in [-0.2, -0.15) is 0 Å². The van der Waals surface area contributed by atoms with Crippen LogP contribution < -0.4 is 5.73 Å². The summed E-state index contributed by atoms with van der Waals surface area (Å²) in [6.07, 6.45) is 0. The van der Waals surface area contributed by atoms with Crippen LogP contribution in [0.5, 0.6) is 0 Å². The van der Waals surface area contributed by atoms with Crippen LogP contribution in [0.4, 0.5) is 14.5 Å². The molecule has 0 aromatic heterocycles. The molecule has 2 N–H and O–H groups in total. The Kier molecular flexibility index (Phi) is 3.81. The van der Waals surface area contributed by atoms with Crippen molar-refractivity contribution in [3.8, 4) is 0 Å². The van der Waals surface area contributed by atoms with E-state index in [1.807, 2.05) is 19.9 Å². The number of ketones is 1. The van der Waals surface area contributed by atoms with Gasteiger partial charge in [-0.25, -0.2) is 8.78 Å². The molecule has 0 spiro atoms. The topological polar surface area (TPSA) is 43.1 Å². The lowest BCUT2D eigenvalue weighted by atomic mass is 9.89. The molecule has 0 unspecified atom stereocenters. The number of carbonyl (C=O) groups is 1. The fourth-order valence-corrected chi connectivity index (χ4v) is 2.47. The van der Waals surface area contributed by atoms with Gasteiger partial charge >= 0.3 is 0 Å². The molecular weight excluding hydrogens is 272 g/mol. The molecule has 2 rings (SSSR count). The average molecular weight is 289 g/mol. The zero-order valence-electron chi connectivity index (χ0n) is 12.5. The smallest absolute Gasteiger partial charge is 0.196 e. The Bertz CT molecular complexity index is 725. The third-order valence-corrected chi connectivity index (χ3v) is 3.90. The molecule has 2 aromatic carbocycles. The molecule has 2 nitrogen and oxygen atoms in total. The second-order valence-corrected chi connectivity index (χ2v) is 5.32. The molecular formula is C17H17F2NO. The van der Waals surface area contributed by atoms with E-state index in [2.05, 4.69) is 0 Å². The molecule has 0 bridgehead atoms. The van der Waals surface area contributed by atoms with Gasteiger partial charge in [-0.15, -0.1) is 0 Å². The van der Waals surface area contributed by atoms with Gasteiger partial charge in [-0.1, -0.05) is 6.07 Å². The molecule has 0 heterocycles. The van der Waals surface area contributed by atoms with Gasteiger partial charge in [0.2, 0.25) is 0 Å². The summed E-state index contributed by atoms with van der Waals surface area (Å²) in [6, 6.07) is 3.73. The second kappa shape index (κ2) is 5.28. The van der Waals surface area contributed by atoms with E-state index in [0.717, 1.165) is 34.4 Å². The van der Waals surface area contributed by atoms with E-state index < -0.39 is 17.4 Å². The van der Waals surface area contributed by atoms with E-state index in [9.17, 15) is 13.6 Å². The number of nitrogen functional groups attached to an aromatic ring is 1. The third kappa shape index (κ3) is 2.53. The van der Waals surface area contributed by atoms with Crippen molar-refractivity contribution in [1.82, 2.24) is 0 Å². The van der Waals surface area contributed by atoms with Crippen LogP contribution in [-0.2, 0) is 0 Å². The highest BCUT2D eigenvalue weighted by molar-refractivity contribution is 6.11. The summed E-state index contributed by atoms with van der Waals surface area (Å²) in [5.74, 6) is -2.14. The first-order valence-electron chi connectivity index (χ1n) is 6.60. The number of hydrogen-bond acceptors (Lipinski definition) is 2. The Morgan fingerprint density at radius 3 is 2.00 bits per heavy atom. The van der Waals surface area contributed by atoms with E-state index in [0.29, 0.717) is 5.56 Å². The lowest BCUT2D eigenvalue weighted by Gasteiger charge is -2.15. The quantitative estimate of drug-likeness (QED) is 0.670. The second-order valence-electron chi connectivity index (χ2n) is 5.32. The Hall–Kier alpha value is -2.23. The number of anilines is 1. The predicted molar refractivity (Wildman–Crippen MR) is 79.6 cm³/mol. The number of nitrogens with two attached hydrogens (primary N) is 1. The van der Waals surface area contributed by atoms with Gasteiger partial charge in [0.25, 0.3) is 0 Å². The fourth-order valence-electron chi connectivity index (χ4n) is 2.47. The summed E-state index contributed by atoms with van der Waals surface area (Å²) >= 11 is 0. The van der Waals surface area contributed by atoms with Crippen LogP contribution in [0.3, 0.4) is 0 Å². The largest absolute Gasteiger partial charge is 0.396 e. The number of rotatable bonds is 2. The van der Waals surface area contributed by atoms with Crippen molar-refractivity contribution in [2.75, 3.05) is 5.73 Å². The first kappa shape index (κ1) is 15.2. The maximum absolute atomic E-state index is 14.1. The van der Waals surface area contributed by atoms with Crippen LogP contribution in [0.2, 0.25) is 0 Å². The number of aryl methyl sites for hydroxylation is 2. The van der Waals surface area contributed by atoms with E-state index in [4.69, 9.17) is 5.73 Å². The van der Waals surface area contributed by atoms with Crippen molar-refractivity contribution in [2.45, 2.75) is 27.7 Å². The lowest BCUT2D eigenvalue weighted by Crippen LogP contribution is -2.12. The molecule has 0 amide bonds. The van der Waals surface area contributed by atoms with Crippen molar-refractivity contribution in [1.29, 1.82) is 0 Å². The normalized spacial score (nSPS) is 10.8. The van der Waals surface area contributed by atoms with Gasteiger partial charge in [0.1, 0.15) is 5.82 Å². The van der Waals surface area contributed by atoms with E-state index >= 15 is 0 Å². The summed E-state index contributed by atoms with van der Waals surface area (Å²) in [5.41, 5.74) is 8.54. The molecule has 2 aromatic rings. The molecule has 0 saturated heterocycles. The molecule has 0 radical (unpaired) electrons. The van der Waals surface area contributed by atoms with Gasteiger partial charge in [-0.05, 0) is 62.1 Å². The molecule has 21 heavy (non-hydrogen) atoms. The molecule has 0 atom stereocenters. The van der Waals surface area contributed by atoms with Crippen molar-refractivity contribution < 1.29 is 13.6 Å². The fraction of sp³-hybridized carbons (Fsp3) is 0.235. The van der Waals surface area contributed by atoms with Crippen molar-refractivity contribution in [2.24, 2.45) is 0 Å². The predicted octanol–water partition coefficient (Wildman–Crippen LogP) is 4.01. The van der Waals surface area contributed by atoms with E-state index in [1.165, 1.54) is 0 Å². The standard InChI is InChI=1S/C17H17F2NO/c1-8-5-9(2)11(4)15(10(8)3)17(21)13-6-12(18)7-14(20)16(13)19/h5-7H,20H2,1-4H3. The molecule has 0 fully saturated rings. The SMILES string of the molecule is Cc1cc(C)c(C)c(C(=O)c2cc(F)cc(N)c2F)c1C. The number of carbonyl (C=O) groups excluding carboxylic acids is 1. The van der Waals surface area contributed by atoms with Crippen molar-refractivity contribution >= 4 is 11.5 Å². The number of halogens is 2. The van der Waals surface area contributed by atoms with Crippen LogP contribution >= 0.6 is 0 Å². The maximum Gasteiger partial charge on any atom is 0.196 e. The molecule has 110 valence electrons. The Morgan fingerprint density at radius 1 is 0.952 bits per heavy atom. The molecule has 0 aliphatic rings.